The van der Waals surface area contributed by atoms with Crippen LogP contribution in [0.2, 0.25) is 0 Å². The summed E-state index contributed by atoms with van der Waals surface area (Å²) in [6, 6.07) is 9.89. The summed E-state index contributed by atoms with van der Waals surface area (Å²) in [4.78, 5) is 2.51. The van der Waals surface area contributed by atoms with Crippen LogP contribution in [0.1, 0.15) is 38.3 Å². The molecule has 19 heavy (non-hydrogen) atoms. The fourth-order valence-electron chi connectivity index (χ4n) is 3.08. The quantitative estimate of drug-likeness (QED) is 0.905. The first-order valence-electron chi connectivity index (χ1n) is 7.27. The molecule has 0 amide bonds. The van der Waals surface area contributed by atoms with Crippen LogP contribution in [0, 0.1) is 5.92 Å². The van der Waals surface area contributed by atoms with Crippen molar-refractivity contribution < 1.29 is 0 Å². The van der Waals surface area contributed by atoms with Gasteiger partial charge in [-0.05, 0) is 50.0 Å². The highest BCUT2D eigenvalue weighted by Crippen LogP contribution is 2.35. The smallest absolute Gasteiger partial charge is 0.0385 e. The van der Waals surface area contributed by atoms with Crippen LogP contribution in [0.3, 0.4) is 0 Å². The molecule has 0 spiro atoms. The molecule has 2 rings (SSSR count). The van der Waals surface area contributed by atoms with E-state index in [1.165, 1.54) is 29.4 Å². The summed E-state index contributed by atoms with van der Waals surface area (Å²) in [6.07, 6.45) is 2.63. The average Bonchev–Trinajstić information content (AvgIpc) is 2.36. The SMILES string of the molecule is CC(C)NCC1CCCN(C)C1c1cccc(Br)c1. The molecule has 0 aromatic heterocycles. The minimum Gasteiger partial charge on any atom is -0.314 e. The number of piperidine rings is 1. The Bertz CT molecular complexity index is 405. The van der Waals surface area contributed by atoms with Crippen LogP contribution in [-0.4, -0.2) is 31.1 Å². The molecule has 2 nitrogen and oxygen atoms in total. The lowest BCUT2D eigenvalue weighted by Gasteiger charge is -2.40. The Balaban J connectivity index is 2.16. The summed E-state index contributed by atoms with van der Waals surface area (Å²) >= 11 is 3.60. The maximum Gasteiger partial charge on any atom is 0.0385 e. The van der Waals surface area contributed by atoms with Crippen molar-refractivity contribution in [3.05, 3.63) is 34.3 Å². The van der Waals surface area contributed by atoms with Gasteiger partial charge in [0.25, 0.3) is 0 Å². The second kappa shape index (κ2) is 6.87. The van der Waals surface area contributed by atoms with Crippen molar-refractivity contribution in [1.82, 2.24) is 10.2 Å². The number of halogens is 1. The van der Waals surface area contributed by atoms with Gasteiger partial charge in [0.05, 0.1) is 0 Å². The molecular formula is C16H25BrN2. The standard InChI is InChI=1S/C16H25BrN2/c1-12(2)18-11-14-7-5-9-19(3)16(14)13-6-4-8-15(17)10-13/h4,6,8,10,12,14,16,18H,5,7,9,11H2,1-3H3. The summed E-state index contributed by atoms with van der Waals surface area (Å²) in [5, 5.41) is 3.61. The van der Waals surface area contributed by atoms with Gasteiger partial charge in [-0.15, -0.1) is 0 Å². The highest BCUT2D eigenvalue weighted by molar-refractivity contribution is 9.10. The monoisotopic (exact) mass is 324 g/mol. The molecule has 1 aromatic carbocycles. The lowest BCUT2D eigenvalue weighted by Crippen LogP contribution is -2.41. The van der Waals surface area contributed by atoms with E-state index in [1.54, 1.807) is 0 Å². The first kappa shape index (κ1) is 15.0. The molecule has 1 aliphatic heterocycles. The maximum atomic E-state index is 3.61. The lowest BCUT2D eigenvalue weighted by atomic mass is 9.85. The second-order valence-electron chi connectivity index (χ2n) is 5.95. The van der Waals surface area contributed by atoms with Crippen LogP contribution in [0.25, 0.3) is 0 Å². The zero-order chi connectivity index (χ0) is 13.8. The fraction of sp³-hybridized carbons (Fsp3) is 0.625. The van der Waals surface area contributed by atoms with E-state index in [0.717, 1.165) is 6.54 Å². The van der Waals surface area contributed by atoms with Gasteiger partial charge in [-0.25, -0.2) is 0 Å². The first-order chi connectivity index (χ1) is 9.08. The van der Waals surface area contributed by atoms with Crippen molar-refractivity contribution >= 4 is 15.9 Å². The van der Waals surface area contributed by atoms with Gasteiger partial charge in [0.2, 0.25) is 0 Å². The number of rotatable bonds is 4. The van der Waals surface area contributed by atoms with Gasteiger partial charge in [-0.2, -0.15) is 0 Å². The van der Waals surface area contributed by atoms with Crippen molar-refractivity contribution in [2.75, 3.05) is 20.1 Å². The molecule has 0 aliphatic carbocycles. The third-order valence-electron chi connectivity index (χ3n) is 3.99. The van der Waals surface area contributed by atoms with Crippen LogP contribution in [0.15, 0.2) is 28.7 Å². The van der Waals surface area contributed by atoms with Gasteiger partial charge in [-0.1, -0.05) is 41.9 Å². The Labute approximate surface area is 125 Å². The van der Waals surface area contributed by atoms with Gasteiger partial charge in [0.1, 0.15) is 0 Å². The maximum absolute atomic E-state index is 3.61. The zero-order valence-electron chi connectivity index (χ0n) is 12.2. The predicted octanol–water partition coefficient (Wildman–Crippen LogP) is 3.83. The van der Waals surface area contributed by atoms with E-state index in [1.807, 2.05) is 0 Å². The van der Waals surface area contributed by atoms with Crippen molar-refractivity contribution in [2.24, 2.45) is 5.92 Å². The van der Waals surface area contributed by atoms with E-state index in [9.17, 15) is 0 Å². The highest BCUT2D eigenvalue weighted by Gasteiger charge is 2.30. The Kier molecular flexibility index (Phi) is 5.43. The molecule has 0 radical (unpaired) electrons. The first-order valence-corrected chi connectivity index (χ1v) is 8.06. The average molecular weight is 325 g/mol. The molecule has 0 saturated carbocycles. The number of hydrogen-bond donors (Lipinski definition) is 1. The van der Waals surface area contributed by atoms with Gasteiger partial charge in [0.15, 0.2) is 0 Å². The summed E-state index contributed by atoms with van der Waals surface area (Å²) < 4.78 is 1.18. The molecule has 1 aliphatic rings. The minimum absolute atomic E-state index is 0.539. The zero-order valence-corrected chi connectivity index (χ0v) is 13.8. The molecule has 1 saturated heterocycles. The third-order valence-corrected chi connectivity index (χ3v) is 4.48. The summed E-state index contributed by atoms with van der Waals surface area (Å²) in [5.74, 6) is 0.704. The number of hydrogen-bond acceptors (Lipinski definition) is 2. The van der Waals surface area contributed by atoms with Gasteiger partial charge in [0, 0.05) is 23.1 Å². The van der Waals surface area contributed by atoms with E-state index < -0.39 is 0 Å². The van der Waals surface area contributed by atoms with Crippen molar-refractivity contribution in [1.29, 1.82) is 0 Å². The Hall–Kier alpha value is -0.380. The number of likely N-dealkylation sites (tertiary alicyclic amines) is 1. The molecule has 1 fully saturated rings. The normalized spacial score (nSPS) is 24.9. The van der Waals surface area contributed by atoms with Crippen LogP contribution < -0.4 is 5.32 Å². The van der Waals surface area contributed by atoms with Crippen LogP contribution in [0.5, 0.6) is 0 Å². The molecule has 106 valence electrons. The van der Waals surface area contributed by atoms with Crippen LogP contribution in [0.4, 0.5) is 0 Å². The summed E-state index contributed by atoms with van der Waals surface area (Å²) in [7, 11) is 2.26. The largest absolute Gasteiger partial charge is 0.314 e. The van der Waals surface area contributed by atoms with Gasteiger partial charge >= 0.3 is 0 Å². The summed E-state index contributed by atoms with van der Waals surface area (Å²) in [5.41, 5.74) is 1.44. The van der Waals surface area contributed by atoms with E-state index in [-0.39, 0.29) is 0 Å². The fourth-order valence-corrected chi connectivity index (χ4v) is 3.49. The Morgan fingerprint density at radius 2 is 2.21 bits per heavy atom. The number of nitrogens with zero attached hydrogens (tertiary/aromatic N) is 1. The molecular weight excluding hydrogens is 300 g/mol. The van der Waals surface area contributed by atoms with E-state index in [4.69, 9.17) is 0 Å². The predicted molar refractivity (Wildman–Crippen MR) is 85.4 cm³/mol. The van der Waals surface area contributed by atoms with Crippen molar-refractivity contribution in [3.63, 3.8) is 0 Å². The van der Waals surface area contributed by atoms with Gasteiger partial charge in [-0.3, -0.25) is 4.90 Å². The Morgan fingerprint density at radius 1 is 1.42 bits per heavy atom. The number of benzene rings is 1. The highest BCUT2D eigenvalue weighted by atomic mass is 79.9. The topological polar surface area (TPSA) is 15.3 Å². The van der Waals surface area contributed by atoms with Crippen LogP contribution in [-0.2, 0) is 0 Å². The van der Waals surface area contributed by atoms with E-state index in [0.29, 0.717) is 18.0 Å². The molecule has 2 unspecified atom stereocenters. The van der Waals surface area contributed by atoms with E-state index >= 15 is 0 Å². The molecule has 1 heterocycles. The molecule has 1 N–H and O–H groups in total. The Morgan fingerprint density at radius 3 is 2.89 bits per heavy atom. The number of nitrogens with one attached hydrogen (secondary N) is 1. The molecule has 2 atom stereocenters. The van der Waals surface area contributed by atoms with Crippen molar-refractivity contribution in [2.45, 2.75) is 38.8 Å². The molecule has 3 heteroatoms. The van der Waals surface area contributed by atoms with Crippen molar-refractivity contribution in [3.8, 4) is 0 Å². The summed E-state index contributed by atoms with van der Waals surface area (Å²) in [6.45, 7) is 6.76. The molecule has 1 aromatic rings. The van der Waals surface area contributed by atoms with Gasteiger partial charge < -0.3 is 5.32 Å². The second-order valence-corrected chi connectivity index (χ2v) is 6.86. The van der Waals surface area contributed by atoms with E-state index in [2.05, 4.69) is 71.3 Å². The van der Waals surface area contributed by atoms with Crippen LogP contribution >= 0.6 is 15.9 Å². The minimum atomic E-state index is 0.539. The third kappa shape index (κ3) is 4.04. The lowest BCUT2D eigenvalue weighted by molar-refractivity contribution is 0.118. The molecule has 0 bridgehead atoms.